The second-order valence-corrected chi connectivity index (χ2v) is 25.4. The number of pyridine rings is 2. The predicted octanol–water partition coefficient (Wildman–Crippen LogP) is 10.3. The molecule has 250 valence electrons. The molecule has 0 N–H and O–H groups in total. The minimum absolute atomic E-state index is 0. The maximum Gasteiger partial charge on any atom is 2.00 e. The molecule has 48 heavy (non-hydrogen) atoms. The molecule has 0 bridgehead atoms. The molecule has 0 aliphatic carbocycles. The zero-order valence-electron chi connectivity index (χ0n) is 30.2. The molecule has 1 aliphatic heterocycles. The van der Waals surface area contributed by atoms with E-state index in [2.05, 4.69) is 135 Å². The average Bonchev–Trinajstić information content (AvgIpc) is 3.28. The molecule has 0 saturated heterocycles. The van der Waals surface area contributed by atoms with Gasteiger partial charge >= 0.3 is 263 Å². The maximum absolute atomic E-state index is 6.54. The van der Waals surface area contributed by atoms with E-state index in [1.807, 2.05) is 24.5 Å². The number of ether oxygens (including phenoxy) is 1. The van der Waals surface area contributed by atoms with Crippen molar-refractivity contribution in [1.29, 1.82) is 0 Å². The van der Waals surface area contributed by atoms with Crippen molar-refractivity contribution in [2.45, 2.75) is 91.6 Å². The summed E-state index contributed by atoms with van der Waals surface area (Å²) >= 11 is -2.60. The number of benzene rings is 3. The summed E-state index contributed by atoms with van der Waals surface area (Å²) < 4.78 is 9.72. The summed E-state index contributed by atoms with van der Waals surface area (Å²) in [6.07, 6.45) is 4.99. The number of hydrogen-bond acceptors (Lipinski definition) is 3. The van der Waals surface area contributed by atoms with E-state index in [1.165, 1.54) is 32.8 Å². The van der Waals surface area contributed by atoms with Crippen molar-refractivity contribution in [1.82, 2.24) is 9.97 Å². The van der Waals surface area contributed by atoms with E-state index in [-0.39, 0.29) is 31.9 Å². The second-order valence-electron chi connectivity index (χ2n) is 15.6. The van der Waals surface area contributed by atoms with Crippen LogP contribution in [0.15, 0.2) is 73.1 Å². The Hall–Kier alpha value is -3.01. The van der Waals surface area contributed by atoms with Gasteiger partial charge in [0.05, 0.1) is 0 Å². The molecule has 2 aromatic heterocycles. The summed E-state index contributed by atoms with van der Waals surface area (Å²) in [5, 5.41) is 2.45. The van der Waals surface area contributed by atoms with Gasteiger partial charge in [-0.3, -0.25) is 0 Å². The second kappa shape index (κ2) is 13.7. The molecule has 0 spiro atoms. The van der Waals surface area contributed by atoms with Crippen LogP contribution in [0.1, 0.15) is 77.6 Å². The monoisotopic (exact) mass is 877 g/mol. The first-order valence-corrected chi connectivity index (χ1v) is 22.1. The molecule has 5 aromatic rings. The number of hydrogen-bond donors (Lipinski definition) is 0. The van der Waals surface area contributed by atoms with Gasteiger partial charge < -0.3 is 0 Å². The minimum Gasteiger partial charge on any atom is 2.00 e. The van der Waals surface area contributed by atoms with E-state index in [4.69, 9.17) is 9.72 Å². The standard InChI is InChI=1S/C43H48GeN2O.Pt/c1-11-44(12-2)37-16-18-46-41(40(37)36-14-13-30(23-38(36)44)27-42(5,6)7)32-20-29(4)22-35(25-32)47-34-21-28(3)19-31(24-34)39-26-33(15-17-45-39)43(8,9)10;/h13-23,26H,11-12,27H2,1-10H3;/q-2;+2. The summed E-state index contributed by atoms with van der Waals surface area (Å²) in [5.41, 5.74) is 11.7. The van der Waals surface area contributed by atoms with Crippen LogP contribution in [-0.4, -0.2) is 23.2 Å². The average molecular weight is 877 g/mol. The Bertz CT molecular complexity index is 1960. The number of aryl methyl sites for hydroxylation is 2. The van der Waals surface area contributed by atoms with Crippen LogP contribution in [0, 0.1) is 31.4 Å². The third-order valence-corrected chi connectivity index (χ3v) is 20.8. The van der Waals surface area contributed by atoms with Gasteiger partial charge in [0, 0.05) is 6.20 Å². The van der Waals surface area contributed by atoms with Gasteiger partial charge in [-0.2, -0.15) is 0 Å². The van der Waals surface area contributed by atoms with Crippen LogP contribution < -0.4 is 13.5 Å². The maximum atomic E-state index is 6.54. The van der Waals surface area contributed by atoms with Gasteiger partial charge in [-0.1, -0.05) is 20.8 Å². The van der Waals surface area contributed by atoms with Gasteiger partial charge in [-0.05, 0) is 17.0 Å². The van der Waals surface area contributed by atoms with Gasteiger partial charge in [0.15, 0.2) is 0 Å². The third-order valence-electron chi connectivity index (χ3n) is 9.63. The first-order chi connectivity index (χ1) is 22.2. The van der Waals surface area contributed by atoms with E-state index < -0.39 is 13.3 Å². The summed E-state index contributed by atoms with van der Waals surface area (Å²) in [7, 11) is 0. The Balaban J connectivity index is 0.00000451. The summed E-state index contributed by atoms with van der Waals surface area (Å²) in [4.78, 5) is 9.73. The van der Waals surface area contributed by atoms with Gasteiger partial charge in [-0.15, -0.1) is 0 Å². The Labute approximate surface area is 305 Å². The number of fused-ring (bicyclic) bond motifs is 3. The SMILES string of the molecule is C[CH2][Ge]1([CH2]C)[c]2cc(CC(C)(C)C)ccc2-c2[c]1ccnc2-c1[c-]c(Oc2[c-]c(-c3cc(C(C)(C)C)ccn3)cc(C)c2)cc(C)c1.[Pt+2]. The molecule has 0 saturated carbocycles. The summed E-state index contributed by atoms with van der Waals surface area (Å²) in [6, 6.07) is 29.4. The third kappa shape index (κ3) is 7.15. The first kappa shape index (κ1) is 36.3. The molecule has 0 amide bonds. The Morgan fingerprint density at radius 1 is 0.708 bits per heavy atom. The van der Waals surface area contributed by atoms with Crippen molar-refractivity contribution in [2.24, 2.45) is 5.41 Å². The molecule has 0 fully saturated rings. The Morgan fingerprint density at radius 2 is 1.33 bits per heavy atom. The fourth-order valence-electron chi connectivity index (χ4n) is 7.32. The van der Waals surface area contributed by atoms with Crippen molar-refractivity contribution >= 4 is 22.1 Å². The molecule has 5 heteroatoms. The zero-order valence-corrected chi connectivity index (χ0v) is 34.5. The zero-order chi connectivity index (χ0) is 33.7. The molecular formula is C43H48GeN2OPt. The van der Waals surface area contributed by atoms with Gasteiger partial charge in [-0.25, -0.2) is 0 Å². The minimum atomic E-state index is -2.60. The first-order valence-electron chi connectivity index (χ1n) is 17.1. The molecule has 3 heterocycles. The number of aromatic nitrogens is 2. The van der Waals surface area contributed by atoms with E-state index >= 15 is 0 Å². The molecule has 6 rings (SSSR count). The van der Waals surface area contributed by atoms with E-state index in [1.54, 1.807) is 8.79 Å². The van der Waals surface area contributed by atoms with Crippen molar-refractivity contribution in [3.63, 3.8) is 0 Å². The topological polar surface area (TPSA) is 35.0 Å². The van der Waals surface area contributed by atoms with Crippen molar-refractivity contribution < 1.29 is 25.8 Å². The van der Waals surface area contributed by atoms with E-state index in [0.29, 0.717) is 11.5 Å². The smallest absolute Gasteiger partial charge is 2.00 e. The van der Waals surface area contributed by atoms with Crippen LogP contribution in [0.3, 0.4) is 0 Å². The van der Waals surface area contributed by atoms with E-state index in [0.717, 1.165) is 40.1 Å². The molecule has 1 aliphatic rings. The number of rotatable bonds is 7. The molecule has 0 unspecified atom stereocenters. The number of nitrogens with zero attached hydrogens (tertiary/aromatic N) is 2. The van der Waals surface area contributed by atoms with Crippen LogP contribution in [0.25, 0.3) is 33.6 Å². The largest absolute Gasteiger partial charge is 2.00 e. The van der Waals surface area contributed by atoms with Crippen LogP contribution >= 0.6 is 0 Å². The van der Waals surface area contributed by atoms with Crippen molar-refractivity contribution in [3.05, 3.63) is 107 Å². The molecule has 3 aromatic carbocycles. The Kier molecular flexibility index (Phi) is 10.4. The van der Waals surface area contributed by atoms with E-state index in [9.17, 15) is 0 Å². The van der Waals surface area contributed by atoms with Gasteiger partial charge in [0.2, 0.25) is 0 Å². The fourth-order valence-corrected chi connectivity index (χ4v) is 17.0. The molecule has 0 radical (unpaired) electrons. The Morgan fingerprint density at radius 3 is 1.96 bits per heavy atom. The molecule has 3 nitrogen and oxygen atoms in total. The molecular weight excluding hydrogens is 828 g/mol. The van der Waals surface area contributed by atoms with Crippen LogP contribution in [-0.2, 0) is 32.9 Å². The predicted molar refractivity (Wildman–Crippen MR) is 200 cm³/mol. The van der Waals surface area contributed by atoms with Crippen LogP contribution in [0.5, 0.6) is 11.5 Å². The van der Waals surface area contributed by atoms with Crippen LogP contribution in [0.2, 0.25) is 10.5 Å². The summed E-state index contributed by atoms with van der Waals surface area (Å²) in [6.45, 7) is 22.7. The van der Waals surface area contributed by atoms with Gasteiger partial charge in [0.25, 0.3) is 0 Å². The normalized spacial score (nSPS) is 13.5. The van der Waals surface area contributed by atoms with Gasteiger partial charge in [0.1, 0.15) is 0 Å². The summed E-state index contributed by atoms with van der Waals surface area (Å²) in [5.74, 6) is 1.32. The van der Waals surface area contributed by atoms with Crippen molar-refractivity contribution in [2.75, 3.05) is 0 Å². The van der Waals surface area contributed by atoms with Crippen LogP contribution in [0.4, 0.5) is 0 Å². The quantitative estimate of drug-likeness (QED) is 0.121. The van der Waals surface area contributed by atoms with Crippen molar-refractivity contribution in [3.8, 4) is 45.1 Å². The molecule has 0 atom stereocenters. The fraction of sp³-hybridized carbons (Fsp3) is 0.349.